The number of carbonyl (C=O) groups excluding carboxylic acids is 1. The minimum atomic E-state index is -0.0910. The van der Waals surface area contributed by atoms with Crippen LogP contribution in [0.4, 0.5) is 0 Å². The number of halogens is 1. The minimum Gasteiger partial charge on any atom is -0.351 e. The molecule has 0 fully saturated rings. The van der Waals surface area contributed by atoms with Crippen molar-refractivity contribution in [2.45, 2.75) is 19.3 Å². The fourth-order valence-corrected chi connectivity index (χ4v) is 2.26. The zero-order chi connectivity index (χ0) is 14.6. The largest absolute Gasteiger partial charge is 0.351 e. The molecular weight excluding hydrogens is 314 g/mol. The van der Waals surface area contributed by atoms with Crippen molar-refractivity contribution in [3.8, 4) is 0 Å². The number of carbonyl (C=O) groups is 1. The van der Waals surface area contributed by atoms with Gasteiger partial charge in [0.15, 0.2) is 0 Å². The number of hydrogen-bond donors (Lipinski definition) is 1. The summed E-state index contributed by atoms with van der Waals surface area (Å²) in [6.07, 6.45) is 0. The normalized spacial score (nSPS) is 11.2. The van der Waals surface area contributed by atoms with E-state index in [1.54, 1.807) is 0 Å². The molecule has 0 aliphatic heterocycles. The van der Waals surface area contributed by atoms with E-state index in [0.29, 0.717) is 12.1 Å². The van der Waals surface area contributed by atoms with Gasteiger partial charge in [-0.1, -0.05) is 60.1 Å². The van der Waals surface area contributed by atoms with Crippen molar-refractivity contribution in [1.82, 2.24) is 5.32 Å². The summed E-state index contributed by atoms with van der Waals surface area (Å²) in [6, 6.07) is 17.6. The van der Waals surface area contributed by atoms with Crippen molar-refractivity contribution < 1.29 is 4.79 Å². The van der Waals surface area contributed by atoms with E-state index in [2.05, 4.69) is 47.2 Å². The number of hydrogen-bond acceptors (Lipinski definition) is 1. The van der Waals surface area contributed by atoms with Gasteiger partial charge >= 0.3 is 0 Å². The molecule has 0 heterocycles. The third-order valence-electron chi connectivity index (χ3n) is 3.35. The first kappa shape index (κ1) is 14.8. The second kappa shape index (κ2) is 6.23. The lowest BCUT2D eigenvalue weighted by Gasteiger charge is -2.25. The topological polar surface area (TPSA) is 29.1 Å². The van der Waals surface area contributed by atoms with Gasteiger partial charge in [0.05, 0.1) is 0 Å². The van der Waals surface area contributed by atoms with Gasteiger partial charge in [-0.25, -0.2) is 0 Å². The number of benzene rings is 2. The first-order valence-corrected chi connectivity index (χ1v) is 7.38. The van der Waals surface area contributed by atoms with E-state index in [4.69, 9.17) is 0 Å². The standard InChI is InChI=1S/C17H18BrNO/c1-17(2,14-6-4-3-5-7-14)12-19-16(20)13-8-10-15(18)11-9-13/h3-11H,12H2,1-2H3,(H,19,20). The molecular formula is C17H18BrNO. The fourth-order valence-electron chi connectivity index (χ4n) is 2.00. The van der Waals surface area contributed by atoms with Crippen LogP contribution in [0.2, 0.25) is 0 Å². The van der Waals surface area contributed by atoms with Crippen molar-refractivity contribution in [3.05, 3.63) is 70.2 Å². The van der Waals surface area contributed by atoms with Crippen LogP contribution >= 0.6 is 15.9 Å². The number of nitrogens with one attached hydrogen (secondary N) is 1. The van der Waals surface area contributed by atoms with Gasteiger partial charge in [0.2, 0.25) is 0 Å². The van der Waals surface area contributed by atoms with Crippen LogP contribution in [-0.2, 0) is 5.41 Å². The van der Waals surface area contributed by atoms with E-state index < -0.39 is 0 Å². The molecule has 1 N–H and O–H groups in total. The molecule has 20 heavy (non-hydrogen) atoms. The molecule has 3 heteroatoms. The third kappa shape index (κ3) is 3.70. The van der Waals surface area contributed by atoms with Crippen LogP contribution in [0.5, 0.6) is 0 Å². The zero-order valence-electron chi connectivity index (χ0n) is 11.7. The van der Waals surface area contributed by atoms with E-state index in [9.17, 15) is 4.79 Å². The predicted molar refractivity (Wildman–Crippen MR) is 85.9 cm³/mol. The molecule has 1 amide bonds. The number of rotatable bonds is 4. The van der Waals surface area contributed by atoms with Gasteiger partial charge in [0.25, 0.3) is 5.91 Å². The highest BCUT2D eigenvalue weighted by Gasteiger charge is 2.21. The monoisotopic (exact) mass is 331 g/mol. The molecule has 0 aliphatic carbocycles. The Bertz CT molecular complexity index is 576. The Balaban J connectivity index is 2.01. The molecule has 0 radical (unpaired) electrons. The van der Waals surface area contributed by atoms with Gasteiger partial charge < -0.3 is 5.32 Å². The summed E-state index contributed by atoms with van der Waals surface area (Å²) in [6.45, 7) is 4.86. The average molecular weight is 332 g/mol. The Labute approximate surface area is 128 Å². The maximum absolute atomic E-state index is 12.1. The molecule has 0 aliphatic rings. The van der Waals surface area contributed by atoms with Gasteiger partial charge in [-0.2, -0.15) is 0 Å². The third-order valence-corrected chi connectivity index (χ3v) is 3.88. The van der Waals surface area contributed by atoms with Crippen molar-refractivity contribution in [3.63, 3.8) is 0 Å². The molecule has 0 bridgehead atoms. The first-order valence-electron chi connectivity index (χ1n) is 6.58. The zero-order valence-corrected chi connectivity index (χ0v) is 13.3. The maximum Gasteiger partial charge on any atom is 0.251 e. The van der Waals surface area contributed by atoms with Gasteiger partial charge in [0.1, 0.15) is 0 Å². The Morgan fingerprint density at radius 1 is 1.05 bits per heavy atom. The van der Waals surface area contributed by atoms with Crippen LogP contribution in [0, 0.1) is 0 Å². The molecule has 104 valence electrons. The van der Waals surface area contributed by atoms with Crippen LogP contribution < -0.4 is 5.32 Å². The van der Waals surface area contributed by atoms with Gasteiger partial charge in [-0.05, 0) is 29.8 Å². The summed E-state index contributed by atoms with van der Waals surface area (Å²) in [5.41, 5.74) is 1.81. The average Bonchev–Trinajstić information content (AvgIpc) is 2.46. The van der Waals surface area contributed by atoms with E-state index in [-0.39, 0.29) is 11.3 Å². The van der Waals surface area contributed by atoms with Gasteiger partial charge in [0, 0.05) is 22.0 Å². The lowest BCUT2D eigenvalue weighted by Crippen LogP contribution is -2.36. The fraction of sp³-hybridized carbons (Fsp3) is 0.235. The molecule has 2 nitrogen and oxygen atoms in total. The predicted octanol–water partition coefficient (Wildman–Crippen LogP) is 4.16. The smallest absolute Gasteiger partial charge is 0.251 e. The number of amides is 1. The summed E-state index contributed by atoms with van der Waals surface area (Å²) in [5, 5.41) is 3.00. The van der Waals surface area contributed by atoms with E-state index in [1.807, 2.05) is 42.5 Å². The lowest BCUT2D eigenvalue weighted by molar-refractivity contribution is 0.0945. The van der Waals surface area contributed by atoms with Crippen molar-refractivity contribution in [2.24, 2.45) is 0 Å². The Kier molecular flexibility index (Phi) is 4.61. The molecule has 0 aromatic heterocycles. The highest BCUT2D eigenvalue weighted by molar-refractivity contribution is 9.10. The lowest BCUT2D eigenvalue weighted by atomic mass is 9.84. The van der Waals surface area contributed by atoms with Crippen LogP contribution in [0.15, 0.2) is 59.1 Å². The molecule has 2 aromatic rings. The van der Waals surface area contributed by atoms with E-state index in [1.165, 1.54) is 5.56 Å². The van der Waals surface area contributed by atoms with Crippen LogP contribution in [0.25, 0.3) is 0 Å². The summed E-state index contributed by atoms with van der Waals surface area (Å²) in [7, 11) is 0. The molecule has 0 saturated heterocycles. The molecule has 0 spiro atoms. The molecule has 2 aromatic carbocycles. The van der Waals surface area contributed by atoms with Crippen LogP contribution in [-0.4, -0.2) is 12.5 Å². The van der Waals surface area contributed by atoms with Crippen molar-refractivity contribution >= 4 is 21.8 Å². The van der Waals surface area contributed by atoms with E-state index >= 15 is 0 Å². The molecule has 0 atom stereocenters. The quantitative estimate of drug-likeness (QED) is 0.895. The summed E-state index contributed by atoms with van der Waals surface area (Å²) in [5.74, 6) is -0.0403. The SMILES string of the molecule is CC(C)(CNC(=O)c1ccc(Br)cc1)c1ccccc1. The van der Waals surface area contributed by atoms with Gasteiger partial charge in [-0.15, -0.1) is 0 Å². The molecule has 2 rings (SSSR count). The highest BCUT2D eigenvalue weighted by atomic mass is 79.9. The van der Waals surface area contributed by atoms with Crippen LogP contribution in [0.3, 0.4) is 0 Å². The summed E-state index contributed by atoms with van der Waals surface area (Å²) >= 11 is 3.36. The first-order chi connectivity index (χ1) is 9.49. The second-order valence-corrected chi connectivity index (χ2v) is 6.36. The molecule has 0 unspecified atom stereocenters. The van der Waals surface area contributed by atoms with Crippen LogP contribution in [0.1, 0.15) is 29.8 Å². The highest BCUT2D eigenvalue weighted by Crippen LogP contribution is 2.21. The second-order valence-electron chi connectivity index (χ2n) is 5.44. The Morgan fingerprint density at radius 3 is 2.25 bits per heavy atom. The van der Waals surface area contributed by atoms with Crippen molar-refractivity contribution in [1.29, 1.82) is 0 Å². The summed E-state index contributed by atoms with van der Waals surface area (Å²) < 4.78 is 0.971. The van der Waals surface area contributed by atoms with Gasteiger partial charge in [-0.3, -0.25) is 4.79 Å². The van der Waals surface area contributed by atoms with Crippen molar-refractivity contribution in [2.75, 3.05) is 6.54 Å². The Morgan fingerprint density at radius 2 is 1.65 bits per heavy atom. The molecule has 0 saturated carbocycles. The Hall–Kier alpha value is -1.61. The minimum absolute atomic E-state index is 0.0403. The maximum atomic E-state index is 12.1. The summed E-state index contributed by atoms with van der Waals surface area (Å²) in [4.78, 5) is 12.1. The van der Waals surface area contributed by atoms with E-state index in [0.717, 1.165) is 4.47 Å².